The van der Waals surface area contributed by atoms with Crippen LogP contribution in [-0.2, 0) is 9.53 Å². The zero-order valence-electron chi connectivity index (χ0n) is 11.8. The van der Waals surface area contributed by atoms with Crippen molar-refractivity contribution in [1.29, 1.82) is 0 Å². The molecule has 0 amide bonds. The van der Waals surface area contributed by atoms with E-state index in [1.165, 1.54) is 0 Å². The van der Waals surface area contributed by atoms with Crippen LogP contribution in [0.1, 0.15) is 0 Å². The molecule has 0 rings (SSSR count). The van der Waals surface area contributed by atoms with E-state index in [0.29, 0.717) is 0 Å². The number of aliphatic hydroxyl groups is 11. The minimum atomic E-state index is -3.08. The van der Waals surface area contributed by atoms with Gasteiger partial charge in [0, 0.05) is 0 Å². The highest BCUT2D eigenvalue weighted by Gasteiger charge is 2.36. The zero-order chi connectivity index (χ0) is 18.8. The van der Waals surface area contributed by atoms with Crippen LogP contribution in [0.2, 0.25) is 0 Å². The van der Waals surface area contributed by atoms with Crippen molar-refractivity contribution in [2.45, 2.75) is 30.3 Å². The fourth-order valence-corrected chi connectivity index (χ4v) is 0.929. The summed E-state index contributed by atoms with van der Waals surface area (Å²) in [5, 5.41) is 93.1. The van der Waals surface area contributed by atoms with Crippen LogP contribution >= 0.6 is 0 Å². The fourth-order valence-electron chi connectivity index (χ4n) is 0.929. The van der Waals surface area contributed by atoms with E-state index in [1.807, 2.05) is 0 Å². The molecule has 0 fully saturated rings. The molecule has 140 valence electrons. The monoisotopic (exact) mass is 350 g/mol. The second-order valence-corrected chi connectivity index (χ2v) is 4.21. The topological polar surface area (TPSA) is 249 Å². The van der Waals surface area contributed by atoms with Crippen molar-refractivity contribution in [3.05, 3.63) is 0 Å². The average Bonchev–Trinajstić information content (AvgIpc) is 2.51. The van der Waals surface area contributed by atoms with Gasteiger partial charge in [0.05, 0.1) is 6.61 Å². The normalized spacial score (nSPS) is 16.1. The van der Waals surface area contributed by atoms with Gasteiger partial charge >= 0.3 is 11.9 Å². The third-order valence-corrected chi connectivity index (χ3v) is 2.13. The Bertz CT molecular complexity index is 317. The molecule has 3 atom stereocenters. The van der Waals surface area contributed by atoms with Crippen LogP contribution in [0.25, 0.3) is 0 Å². The summed E-state index contributed by atoms with van der Waals surface area (Å²) in [6.07, 6.45) is -5.22. The Balaban J connectivity index is 0. The third-order valence-electron chi connectivity index (χ3n) is 2.13. The Labute approximate surface area is 129 Å². The van der Waals surface area contributed by atoms with Crippen LogP contribution in [-0.4, -0.2) is 119 Å². The van der Waals surface area contributed by atoms with Gasteiger partial charge in [0.25, 0.3) is 0 Å². The Hall–Kier alpha value is -0.810. The molecule has 0 saturated heterocycles. The first-order valence-electron chi connectivity index (χ1n) is 5.97. The summed E-state index contributed by atoms with van der Waals surface area (Å²) in [6.45, 7) is -4.20. The van der Waals surface area contributed by atoms with Gasteiger partial charge in [-0.1, -0.05) is 0 Å². The lowest BCUT2D eigenvalue weighted by molar-refractivity contribution is -0.480. The summed E-state index contributed by atoms with van der Waals surface area (Å²) in [6, 6.07) is 0. The second kappa shape index (κ2) is 10.9. The molecule has 0 bridgehead atoms. The summed E-state index contributed by atoms with van der Waals surface area (Å²) in [4.78, 5) is 10.5. The Morgan fingerprint density at radius 3 is 1.52 bits per heavy atom. The largest absolute Gasteiger partial charge is 0.394 e. The summed E-state index contributed by atoms with van der Waals surface area (Å²) in [5.41, 5.74) is 0. The molecule has 23 heavy (non-hydrogen) atoms. The van der Waals surface area contributed by atoms with Crippen LogP contribution in [0.15, 0.2) is 0 Å². The van der Waals surface area contributed by atoms with Crippen molar-refractivity contribution in [3.63, 3.8) is 0 Å². The Kier molecular flexibility index (Phi) is 11.6. The first kappa shape index (κ1) is 24.4. The lowest BCUT2D eigenvalue weighted by Gasteiger charge is -2.27. The predicted molar refractivity (Wildman–Crippen MR) is 66.8 cm³/mol. The molecule has 0 saturated carbocycles. The minimum Gasteiger partial charge on any atom is -0.394 e. The molecular weight excluding hydrogens is 328 g/mol. The first-order chi connectivity index (χ1) is 10.4. The van der Waals surface area contributed by atoms with Crippen LogP contribution in [0, 0.1) is 0 Å². The standard InChI is InChI=1S/C6H12O6.C4H10O7/c7-1-3(9)5(11)6(12)4(10)2-8;5-1-3(7,8)11-4(9,10)2-6/h3,5-9,11-12H,1-2H2;5-10H,1-2H2/t3-,5+,6+;/m1./s1. The van der Waals surface area contributed by atoms with Gasteiger partial charge in [-0.3, -0.25) is 9.53 Å². The van der Waals surface area contributed by atoms with E-state index < -0.39 is 62.5 Å². The van der Waals surface area contributed by atoms with Gasteiger partial charge in [-0.15, -0.1) is 0 Å². The number of Topliss-reactive ketones (excluding diaryl/α,β-unsaturated/α-hetero) is 1. The lowest BCUT2D eigenvalue weighted by Crippen LogP contribution is -2.49. The van der Waals surface area contributed by atoms with Gasteiger partial charge in [0.15, 0.2) is 5.78 Å². The Morgan fingerprint density at radius 2 is 1.26 bits per heavy atom. The molecule has 0 aromatic carbocycles. The molecule has 0 unspecified atom stereocenters. The molecule has 0 radical (unpaired) electrons. The zero-order valence-corrected chi connectivity index (χ0v) is 11.8. The quantitative estimate of drug-likeness (QED) is 0.173. The van der Waals surface area contributed by atoms with Crippen LogP contribution in [0.3, 0.4) is 0 Å². The number of hydrogen-bond donors (Lipinski definition) is 11. The summed E-state index contributed by atoms with van der Waals surface area (Å²) >= 11 is 0. The van der Waals surface area contributed by atoms with Crippen molar-refractivity contribution in [3.8, 4) is 0 Å². The molecule has 0 aromatic heterocycles. The van der Waals surface area contributed by atoms with E-state index in [1.54, 1.807) is 0 Å². The maximum atomic E-state index is 10.5. The minimum absolute atomic E-state index is 0.767. The number of hydrogen-bond acceptors (Lipinski definition) is 13. The predicted octanol–water partition coefficient (Wildman–Crippen LogP) is -7.11. The number of carbonyl (C=O) groups excluding carboxylic acids is 1. The smallest absolute Gasteiger partial charge is 0.306 e. The Morgan fingerprint density at radius 1 is 0.870 bits per heavy atom. The van der Waals surface area contributed by atoms with Gasteiger partial charge in [-0.2, -0.15) is 0 Å². The number of rotatable bonds is 9. The molecule has 0 aromatic rings. The maximum Gasteiger partial charge on any atom is 0.306 e. The molecule has 0 spiro atoms. The summed E-state index contributed by atoms with van der Waals surface area (Å²) in [7, 11) is 0. The SMILES string of the molecule is O=C(CO)[C@H](O)[C@@H](O)[C@H](O)CO.OCC(O)(O)OC(O)(O)CO. The van der Waals surface area contributed by atoms with Gasteiger partial charge < -0.3 is 56.2 Å². The van der Waals surface area contributed by atoms with Crippen LogP contribution < -0.4 is 0 Å². The molecule has 11 N–H and O–H groups in total. The van der Waals surface area contributed by atoms with Gasteiger partial charge in [-0.25, -0.2) is 0 Å². The van der Waals surface area contributed by atoms with Gasteiger partial charge in [0.2, 0.25) is 0 Å². The fraction of sp³-hybridized carbons (Fsp3) is 0.900. The molecular formula is C10H22O13. The van der Waals surface area contributed by atoms with Crippen LogP contribution in [0.5, 0.6) is 0 Å². The second-order valence-electron chi connectivity index (χ2n) is 4.21. The van der Waals surface area contributed by atoms with Crippen molar-refractivity contribution in [2.75, 3.05) is 26.4 Å². The highest BCUT2D eigenvalue weighted by atomic mass is 16.9. The van der Waals surface area contributed by atoms with Crippen molar-refractivity contribution < 1.29 is 65.7 Å². The van der Waals surface area contributed by atoms with E-state index in [9.17, 15) is 4.79 Å². The van der Waals surface area contributed by atoms with E-state index in [4.69, 9.17) is 56.2 Å². The molecule has 13 heteroatoms. The van der Waals surface area contributed by atoms with Gasteiger partial charge in [-0.05, 0) is 0 Å². The third kappa shape index (κ3) is 10.6. The maximum absolute atomic E-state index is 10.5. The summed E-state index contributed by atoms with van der Waals surface area (Å²) in [5.74, 6) is -7.16. The number of ether oxygens (including phenoxy) is 1. The molecule has 13 nitrogen and oxygen atoms in total. The number of carbonyl (C=O) groups is 1. The highest BCUT2D eigenvalue weighted by Crippen LogP contribution is 2.10. The number of aliphatic hydroxyl groups excluding tert-OH is 7. The summed E-state index contributed by atoms with van der Waals surface area (Å²) < 4.78 is 3.65. The van der Waals surface area contributed by atoms with E-state index in [-0.39, 0.29) is 0 Å². The number of ketones is 1. The van der Waals surface area contributed by atoms with Crippen molar-refractivity contribution >= 4 is 5.78 Å². The molecule has 0 aliphatic heterocycles. The van der Waals surface area contributed by atoms with Crippen molar-refractivity contribution in [1.82, 2.24) is 0 Å². The van der Waals surface area contributed by atoms with E-state index in [2.05, 4.69) is 4.74 Å². The highest BCUT2D eigenvalue weighted by molar-refractivity contribution is 5.84. The molecule has 0 aliphatic carbocycles. The van der Waals surface area contributed by atoms with Crippen LogP contribution in [0.4, 0.5) is 0 Å². The average molecular weight is 350 g/mol. The first-order valence-corrected chi connectivity index (χ1v) is 5.97. The van der Waals surface area contributed by atoms with Crippen molar-refractivity contribution in [2.24, 2.45) is 0 Å². The van der Waals surface area contributed by atoms with Gasteiger partial charge in [0.1, 0.15) is 38.1 Å². The lowest BCUT2D eigenvalue weighted by atomic mass is 10.1. The van der Waals surface area contributed by atoms with E-state index in [0.717, 1.165) is 0 Å². The molecule has 0 heterocycles. The van der Waals surface area contributed by atoms with E-state index >= 15 is 0 Å². The molecule has 0 aliphatic rings.